The lowest BCUT2D eigenvalue weighted by molar-refractivity contribution is 0.685. The Morgan fingerprint density at radius 1 is 1.45 bits per heavy atom. The van der Waals surface area contributed by atoms with Gasteiger partial charge in [0.2, 0.25) is 5.95 Å². The Kier molecular flexibility index (Phi) is 1.18. The van der Waals surface area contributed by atoms with Crippen molar-refractivity contribution in [2.24, 2.45) is 0 Å². The number of nitrogen functional groups attached to an aromatic ring is 1. The van der Waals surface area contributed by atoms with E-state index in [2.05, 4.69) is 9.97 Å². The second kappa shape index (κ2) is 2.05. The lowest BCUT2D eigenvalue weighted by Crippen LogP contribution is -2.24. The van der Waals surface area contributed by atoms with Crippen LogP contribution in [0.25, 0.3) is 0 Å². The standard InChI is InChI=1S/C6H8N4O/c7-5-8-4-2-1-3-10(4)6(11)9-5/h1-3H2,(H2,7,9,11). The second-order valence-electron chi connectivity index (χ2n) is 2.54. The van der Waals surface area contributed by atoms with Gasteiger partial charge in [-0.05, 0) is 6.42 Å². The molecule has 1 aromatic heterocycles. The highest BCUT2D eigenvalue weighted by Gasteiger charge is 2.13. The van der Waals surface area contributed by atoms with Crippen molar-refractivity contribution in [3.05, 3.63) is 16.3 Å². The Morgan fingerprint density at radius 3 is 3.09 bits per heavy atom. The number of aromatic nitrogens is 3. The molecule has 2 rings (SSSR count). The van der Waals surface area contributed by atoms with E-state index in [4.69, 9.17) is 5.73 Å². The van der Waals surface area contributed by atoms with E-state index in [1.165, 1.54) is 0 Å². The summed E-state index contributed by atoms with van der Waals surface area (Å²) in [4.78, 5) is 18.5. The van der Waals surface area contributed by atoms with E-state index in [0.29, 0.717) is 0 Å². The van der Waals surface area contributed by atoms with Gasteiger partial charge in [-0.1, -0.05) is 0 Å². The first kappa shape index (κ1) is 6.33. The predicted molar refractivity (Wildman–Crippen MR) is 39.0 cm³/mol. The molecule has 5 nitrogen and oxygen atoms in total. The van der Waals surface area contributed by atoms with Gasteiger partial charge in [0.05, 0.1) is 0 Å². The number of hydrogen-bond donors (Lipinski definition) is 1. The smallest absolute Gasteiger partial charge is 0.352 e. The van der Waals surface area contributed by atoms with Crippen molar-refractivity contribution >= 4 is 5.95 Å². The minimum atomic E-state index is -0.273. The summed E-state index contributed by atoms with van der Waals surface area (Å²) in [6, 6.07) is 0. The Morgan fingerprint density at radius 2 is 2.27 bits per heavy atom. The molecule has 2 N–H and O–H groups in total. The maximum absolute atomic E-state index is 11.1. The molecule has 0 fully saturated rings. The van der Waals surface area contributed by atoms with Crippen LogP contribution in [0.1, 0.15) is 12.2 Å². The number of rotatable bonds is 0. The van der Waals surface area contributed by atoms with Gasteiger partial charge >= 0.3 is 5.69 Å². The molecule has 1 aliphatic heterocycles. The summed E-state index contributed by atoms with van der Waals surface area (Å²) in [5.41, 5.74) is 5.02. The highest BCUT2D eigenvalue weighted by Crippen LogP contribution is 2.07. The van der Waals surface area contributed by atoms with Crippen LogP contribution < -0.4 is 11.4 Å². The van der Waals surface area contributed by atoms with Crippen LogP contribution >= 0.6 is 0 Å². The molecule has 0 aromatic carbocycles. The van der Waals surface area contributed by atoms with Crippen LogP contribution in [0.2, 0.25) is 0 Å². The average molecular weight is 152 g/mol. The Balaban J connectivity index is 2.70. The molecule has 2 heterocycles. The van der Waals surface area contributed by atoms with Gasteiger partial charge in [0.15, 0.2) is 0 Å². The van der Waals surface area contributed by atoms with E-state index < -0.39 is 0 Å². The highest BCUT2D eigenvalue weighted by atomic mass is 16.1. The molecular weight excluding hydrogens is 144 g/mol. The number of hydrogen-bond acceptors (Lipinski definition) is 4. The largest absolute Gasteiger partial charge is 0.368 e. The molecule has 1 aliphatic rings. The van der Waals surface area contributed by atoms with E-state index in [-0.39, 0.29) is 11.6 Å². The van der Waals surface area contributed by atoms with Gasteiger partial charge in [-0.2, -0.15) is 9.97 Å². The summed E-state index contributed by atoms with van der Waals surface area (Å²) in [5.74, 6) is 0.852. The van der Waals surface area contributed by atoms with E-state index in [1.807, 2.05) is 0 Å². The fraction of sp³-hybridized carbons (Fsp3) is 0.500. The highest BCUT2D eigenvalue weighted by molar-refractivity contribution is 5.14. The van der Waals surface area contributed by atoms with Gasteiger partial charge in [-0.15, -0.1) is 0 Å². The monoisotopic (exact) mass is 152 g/mol. The maximum atomic E-state index is 11.1. The van der Waals surface area contributed by atoms with Crippen LogP contribution in [0.5, 0.6) is 0 Å². The van der Waals surface area contributed by atoms with Crippen molar-refractivity contribution in [1.29, 1.82) is 0 Å². The normalized spacial score (nSPS) is 14.9. The van der Waals surface area contributed by atoms with Gasteiger partial charge in [0.25, 0.3) is 0 Å². The van der Waals surface area contributed by atoms with E-state index in [0.717, 1.165) is 25.2 Å². The van der Waals surface area contributed by atoms with Crippen LogP contribution in [0.3, 0.4) is 0 Å². The van der Waals surface area contributed by atoms with Crippen LogP contribution in [0.4, 0.5) is 5.95 Å². The minimum Gasteiger partial charge on any atom is -0.368 e. The Labute approximate surface area is 62.9 Å². The molecular formula is C6H8N4O. The number of nitrogens with two attached hydrogens (primary N) is 1. The Hall–Kier alpha value is -1.39. The van der Waals surface area contributed by atoms with Crippen molar-refractivity contribution in [3.8, 4) is 0 Å². The fourth-order valence-electron chi connectivity index (χ4n) is 1.30. The summed E-state index contributed by atoms with van der Waals surface area (Å²) in [7, 11) is 0. The zero-order valence-electron chi connectivity index (χ0n) is 5.95. The minimum absolute atomic E-state index is 0.0863. The van der Waals surface area contributed by atoms with Crippen LogP contribution in [0, 0.1) is 0 Å². The molecule has 0 atom stereocenters. The summed E-state index contributed by atoms with van der Waals surface area (Å²) < 4.78 is 1.57. The van der Waals surface area contributed by atoms with E-state index in [9.17, 15) is 4.79 Å². The average Bonchev–Trinajstić information content (AvgIpc) is 2.34. The molecule has 0 saturated carbocycles. The first-order valence-corrected chi connectivity index (χ1v) is 3.50. The Bertz CT molecular complexity index is 343. The van der Waals surface area contributed by atoms with Gasteiger partial charge in [-0.3, -0.25) is 4.57 Å². The van der Waals surface area contributed by atoms with Crippen molar-refractivity contribution < 1.29 is 0 Å². The molecule has 0 radical (unpaired) electrons. The topological polar surface area (TPSA) is 73.8 Å². The van der Waals surface area contributed by atoms with Crippen molar-refractivity contribution in [1.82, 2.24) is 14.5 Å². The third kappa shape index (κ3) is 0.886. The summed E-state index contributed by atoms with van der Waals surface area (Å²) in [5, 5.41) is 0. The quantitative estimate of drug-likeness (QED) is 0.526. The molecule has 0 amide bonds. The molecule has 11 heavy (non-hydrogen) atoms. The number of anilines is 1. The third-order valence-electron chi connectivity index (χ3n) is 1.78. The number of nitrogens with zero attached hydrogens (tertiary/aromatic N) is 3. The second-order valence-corrected chi connectivity index (χ2v) is 2.54. The maximum Gasteiger partial charge on any atom is 0.352 e. The van der Waals surface area contributed by atoms with Crippen LogP contribution in [-0.4, -0.2) is 14.5 Å². The lowest BCUT2D eigenvalue weighted by Gasteiger charge is -1.99. The van der Waals surface area contributed by atoms with Gasteiger partial charge < -0.3 is 5.73 Å². The fourth-order valence-corrected chi connectivity index (χ4v) is 1.30. The number of aryl methyl sites for hydroxylation is 1. The number of fused-ring (bicyclic) bond motifs is 1. The van der Waals surface area contributed by atoms with Crippen LogP contribution in [0.15, 0.2) is 4.79 Å². The first-order valence-electron chi connectivity index (χ1n) is 3.50. The first-order chi connectivity index (χ1) is 5.27. The van der Waals surface area contributed by atoms with Crippen molar-refractivity contribution in [2.75, 3.05) is 5.73 Å². The van der Waals surface area contributed by atoms with Gasteiger partial charge in [-0.25, -0.2) is 4.79 Å². The van der Waals surface area contributed by atoms with Crippen molar-refractivity contribution in [2.45, 2.75) is 19.4 Å². The molecule has 0 unspecified atom stereocenters. The molecule has 0 aliphatic carbocycles. The summed E-state index contributed by atoms with van der Waals surface area (Å²) >= 11 is 0. The summed E-state index contributed by atoms with van der Waals surface area (Å²) in [6.07, 6.45) is 1.80. The van der Waals surface area contributed by atoms with Crippen LogP contribution in [-0.2, 0) is 13.0 Å². The van der Waals surface area contributed by atoms with Gasteiger partial charge in [0, 0.05) is 13.0 Å². The lowest BCUT2D eigenvalue weighted by atomic mass is 10.4. The third-order valence-corrected chi connectivity index (χ3v) is 1.78. The summed E-state index contributed by atoms with van der Waals surface area (Å²) in [6.45, 7) is 0.731. The van der Waals surface area contributed by atoms with E-state index in [1.54, 1.807) is 4.57 Å². The molecule has 1 aromatic rings. The van der Waals surface area contributed by atoms with E-state index >= 15 is 0 Å². The zero-order valence-corrected chi connectivity index (χ0v) is 5.95. The zero-order chi connectivity index (χ0) is 7.84. The predicted octanol–water partition coefficient (Wildman–Crippen LogP) is -0.833. The molecule has 0 saturated heterocycles. The molecule has 58 valence electrons. The SMILES string of the molecule is Nc1nc2n(c(=O)n1)CCC2. The molecule has 0 spiro atoms. The van der Waals surface area contributed by atoms with Crippen molar-refractivity contribution in [3.63, 3.8) is 0 Å². The molecule has 5 heteroatoms. The van der Waals surface area contributed by atoms with Gasteiger partial charge in [0.1, 0.15) is 5.82 Å². The molecule has 0 bridgehead atoms.